The minimum Gasteiger partial charge on any atom is -0.347 e. The Labute approximate surface area is 88.9 Å². The van der Waals surface area contributed by atoms with Crippen molar-refractivity contribution in [1.82, 2.24) is 5.32 Å². The van der Waals surface area contributed by atoms with E-state index in [-0.39, 0.29) is 5.24 Å². The topological polar surface area (TPSA) is 29.1 Å². The molecule has 2 nitrogen and oxygen atoms in total. The molecule has 1 amide bonds. The summed E-state index contributed by atoms with van der Waals surface area (Å²) in [6.45, 7) is 0.648. The number of hydrogen-bond acceptors (Lipinski definition) is 2. The molecule has 0 spiro atoms. The fourth-order valence-electron chi connectivity index (χ4n) is 0.779. The molecule has 0 aliphatic carbocycles. The van der Waals surface area contributed by atoms with Gasteiger partial charge in [-0.1, -0.05) is 12.6 Å². The Morgan fingerprint density at radius 2 is 2.42 bits per heavy atom. The molecule has 0 atom stereocenters. The van der Waals surface area contributed by atoms with Crippen LogP contribution < -0.4 is 5.32 Å². The first-order valence-corrected chi connectivity index (χ1v) is 5.45. The number of rotatable bonds is 3. The van der Waals surface area contributed by atoms with Crippen LogP contribution in [0.15, 0.2) is 15.9 Å². The van der Waals surface area contributed by atoms with E-state index in [1.165, 1.54) is 4.88 Å². The molecule has 0 saturated heterocycles. The van der Waals surface area contributed by atoms with Crippen LogP contribution in [0, 0.1) is 0 Å². The summed E-state index contributed by atoms with van der Waals surface area (Å²) in [6.07, 6.45) is 0.864. The van der Waals surface area contributed by atoms with E-state index in [9.17, 15) is 4.79 Å². The Morgan fingerprint density at radius 3 is 2.92 bits per heavy atom. The second-order valence-corrected chi connectivity index (χ2v) is 5.14. The van der Waals surface area contributed by atoms with Gasteiger partial charge in [0, 0.05) is 11.4 Å². The Morgan fingerprint density at radius 1 is 1.67 bits per heavy atom. The van der Waals surface area contributed by atoms with E-state index in [4.69, 9.17) is 0 Å². The Balaban J connectivity index is 2.29. The minimum atomic E-state index is -0.273. The Hall–Kier alpha value is -0.0000000000000000833. The second kappa shape index (κ2) is 4.89. The molecule has 1 rings (SSSR count). The van der Waals surface area contributed by atoms with Crippen LogP contribution in [-0.2, 0) is 6.42 Å². The summed E-state index contributed by atoms with van der Waals surface area (Å²) >= 11 is 8.64. The maximum absolute atomic E-state index is 10.4. The van der Waals surface area contributed by atoms with Gasteiger partial charge in [0.25, 0.3) is 5.24 Å². The standard InChI is InChI=1S/C7H8BrNOS2/c8-6-2-1-5(12-6)3-4-9-7(10)11/h1-2H,3-4H2,(H2,9,10,11). The normalized spacial score (nSPS) is 9.83. The van der Waals surface area contributed by atoms with Crippen molar-refractivity contribution in [3.8, 4) is 0 Å². The van der Waals surface area contributed by atoms with Crippen molar-refractivity contribution in [3.63, 3.8) is 0 Å². The smallest absolute Gasteiger partial charge is 0.275 e. The van der Waals surface area contributed by atoms with E-state index >= 15 is 0 Å². The molecular formula is C7H8BrNOS2. The first kappa shape index (κ1) is 10.1. The first-order chi connectivity index (χ1) is 5.68. The lowest BCUT2D eigenvalue weighted by Gasteiger charge is -1.97. The molecule has 1 N–H and O–H groups in total. The van der Waals surface area contributed by atoms with Gasteiger partial charge in [0.05, 0.1) is 3.79 Å². The molecule has 0 saturated carbocycles. The summed E-state index contributed by atoms with van der Waals surface area (Å²) in [5.41, 5.74) is 0. The molecule has 0 aliphatic rings. The molecule has 66 valence electrons. The van der Waals surface area contributed by atoms with Crippen LogP contribution in [0.1, 0.15) is 4.88 Å². The monoisotopic (exact) mass is 265 g/mol. The second-order valence-electron chi connectivity index (χ2n) is 2.19. The minimum absolute atomic E-state index is 0.273. The summed E-state index contributed by atoms with van der Waals surface area (Å²) in [7, 11) is 0. The molecule has 1 aromatic heterocycles. The van der Waals surface area contributed by atoms with Crippen LogP contribution in [-0.4, -0.2) is 11.8 Å². The van der Waals surface area contributed by atoms with Gasteiger partial charge >= 0.3 is 0 Å². The number of carbonyl (C=O) groups excluding carboxylic acids is 1. The Bertz CT molecular complexity index is 274. The summed E-state index contributed by atoms with van der Waals surface area (Å²) in [6, 6.07) is 4.04. The first-order valence-electron chi connectivity index (χ1n) is 3.39. The van der Waals surface area contributed by atoms with Gasteiger partial charge in [0.2, 0.25) is 0 Å². The van der Waals surface area contributed by atoms with Gasteiger partial charge in [-0.3, -0.25) is 4.79 Å². The van der Waals surface area contributed by atoms with E-state index in [0.717, 1.165) is 10.2 Å². The lowest BCUT2D eigenvalue weighted by atomic mass is 10.3. The van der Waals surface area contributed by atoms with Crippen LogP contribution in [0.2, 0.25) is 0 Å². The highest BCUT2D eigenvalue weighted by Gasteiger charge is 1.97. The number of nitrogens with one attached hydrogen (secondary N) is 1. The molecule has 5 heteroatoms. The number of amides is 1. The zero-order valence-corrected chi connectivity index (χ0v) is 9.51. The van der Waals surface area contributed by atoms with Gasteiger partial charge in [0.15, 0.2) is 0 Å². The van der Waals surface area contributed by atoms with Gasteiger partial charge in [0.1, 0.15) is 0 Å². The quantitative estimate of drug-likeness (QED) is 0.809. The summed E-state index contributed by atoms with van der Waals surface area (Å²) in [5.74, 6) is 0. The number of thiol groups is 1. The van der Waals surface area contributed by atoms with Gasteiger partial charge in [-0.2, -0.15) is 0 Å². The third kappa shape index (κ3) is 3.60. The lowest BCUT2D eigenvalue weighted by molar-refractivity contribution is 0.261. The van der Waals surface area contributed by atoms with Crippen molar-refractivity contribution in [1.29, 1.82) is 0 Å². The average molecular weight is 266 g/mol. The molecule has 0 unspecified atom stereocenters. The van der Waals surface area contributed by atoms with E-state index in [0.29, 0.717) is 6.54 Å². The highest BCUT2D eigenvalue weighted by molar-refractivity contribution is 9.11. The summed E-state index contributed by atoms with van der Waals surface area (Å²) < 4.78 is 1.12. The van der Waals surface area contributed by atoms with Crippen molar-refractivity contribution in [2.45, 2.75) is 6.42 Å². The van der Waals surface area contributed by atoms with Crippen molar-refractivity contribution in [2.24, 2.45) is 0 Å². The van der Waals surface area contributed by atoms with Crippen LogP contribution in [0.4, 0.5) is 4.79 Å². The fraction of sp³-hybridized carbons (Fsp3) is 0.286. The molecule has 12 heavy (non-hydrogen) atoms. The molecule has 1 aromatic rings. The van der Waals surface area contributed by atoms with Gasteiger partial charge < -0.3 is 5.32 Å². The highest BCUT2D eigenvalue weighted by atomic mass is 79.9. The van der Waals surface area contributed by atoms with E-state index in [1.54, 1.807) is 11.3 Å². The van der Waals surface area contributed by atoms with Crippen LogP contribution in [0.5, 0.6) is 0 Å². The maximum Gasteiger partial charge on any atom is 0.275 e. The fourth-order valence-corrected chi connectivity index (χ4v) is 2.37. The van der Waals surface area contributed by atoms with Gasteiger partial charge in [-0.15, -0.1) is 11.3 Å². The maximum atomic E-state index is 10.4. The highest BCUT2D eigenvalue weighted by Crippen LogP contribution is 2.21. The molecule has 0 aliphatic heterocycles. The number of thiophene rings is 1. The third-order valence-corrected chi connectivity index (χ3v) is 3.12. The van der Waals surface area contributed by atoms with Gasteiger partial charge in [-0.05, 0) is 34.5 Å². The number of carbonyl (C=O) groups is 1. The van der Waals surface area contributed by atoms with Crippen molar-refractivity contribution >= 4 is 45.1 Å². The number of hydrogen-bond donors (Lipinski definition) is 2. The SMILES string of the molecule is O=C(S)NCCc1ccc(Br)s1. The molecular weight excluding hydrogens is 258 g/mol. The molecule has 1 heterocycles. The predicted octanol–water partition coefficient (Wildman–Crippen LogP) is 2.69. The van der Waals surface area contributed by atoms with E-state index < -0.39 is 0 Å². The van der Waals surface area contributed by atoms with Crippen molar-refractivity contribution in [2.75, 3.05) is 6.54 Å². The van der Waals surface area contributed by atoms with Crippen molar-refractivity contribution < 1.29 is 4.79 Å². The summed E-state index contributed by atoms with van der Waals surface area (Å²) in [4.78, 5) is 11.6. The lowest BCUT2D eigenvalue weighted by Crippen LogP contribution is -2.18. The molecule has 0 radical (unpaired) electrons. The van der Waals surface area contributed by atoms with E-state index in [2.05, 4.69) is 33.9 Å². The van der Waals surface area contributed by atoms with E-state index in [1.807, 2.05) is 12.1 Å². The zero-order chi connectivity index (χ0) is 8.97. The Kier molecular flexibility index (Phi) is 4.11. The predicted molar refractivity (Wildman–Crippen MR) is 58.1 cm³/mol. The van der Waals surface area contributed by atoms with Crippen molar-refractivity contribution in [3.05, 3.63) is 20.8 Å². The third-order valence-electron chi connectivity index (χ3n) is 1.28. The van der Waals surface area contributed by atoms with Gasteiger partial charge in [-0.25, -0.2) is 0 Å². The van der Waals surface area contributed by atoms with Crippen LogP contribution >= 0.6 is 39.9 Å². The summed E-state index contributed by atoms with van der Waals surface area (Å²) in [5, 5.41) is 2.35. The molecule has 0 aromatic carbocycles. The van der Waals surface area contributed by atoms with Crippen LogP contribution in [0.3, 0.4) is 0 Å². The molecule has 0 fully saturated rings. The largest absolute Gasteiger partial charge is 0.347 e. The average Bonchev–Trinajstić information content (AvgIpc) is 2.35. The number of halogens is 1. The van der Waals surface area contributed by atoms with Crippen LogP contribution in [0.25, 0.3) is 0 Å². The zero-order valence-electron chi connectivity index (χ0n) is 6.21. The molecule has 0 bridgehead atoms.